The molecular weight excluding hydrogens is 232 g/mol. The van der Waals surface area contributed by atoms with E-state index in [2.05, 4.69) is 6.58 Å². The summed E-state index contributed by atoms with van der Waals surface area (Å²) in [6.45, 7) is 3.54. The van der Waals surface area contributed by atoms with Crippen molar-refractivity contribution in [2.24, 2.45) is 0 Å². The number of methoxy groups -OCH3 is 2. The number of allylic oxidation sites excluding steroid dienone is 1. The number of rotatable bonds is 6. The normalized spacial score (nSPS) is 10.9. The number of carbonyl (C=O) groups is 1. The van der Waals surface area contributed by atoms with Crippen LogP contribution >= 0.6 is 0 Å². The highest BCUT2D eigenvalue weighted by atomic mass is 16.5. The van der Waals surface area contributed by atoms with Gasteiger partial charge in [-0.15, -0.1) is 6.58 Å². The Kier molecular flexibility index (Phi) is 4.99. The van der Waals surface area contributed by atoms with Gasteiger partial charge in [0.05, 0.1) is 14.2 Å². The molecule has 96 valence electrons. The predicted octanol–water partition coefficient (Wildman–Crippen LogP) is 2.75. The lowest BCUT2D eigenvalue weighted by Crippen LogP contribution is -1.99. The van der Waals surface area contributed by atoms with Gasteiger partial charge in [0.1, 0.15) is 0 Å². The molecule has 0 aromatic heterocycles. The number of benzene rings is 1. The van der Waals surface area contributed by atoms with Crippen molar-refractivity contribution >= 4 is 12.0 Å². The molecule has 4 heteroatoms. The van der Waals surface area contributed by atoms with Gasteiger partial charge in [-0.25, -0.2) is 4.79 Å². The molecule has 0 heterocycles. The molecule has 0 atom stereocenters. The van der Waals surface area contributed by atoms with Crippen LogP contribution in [0.25, 0.3) is 6.08 Å². The maximum Gasteiger partial charge on any atom is 0.331 e. The predicted molar refractivity (Wildman–Crippen MR) is 70.0 cm³/mol. The summed E-state index contributed by atoms with van der Waals surface area (Å²) >= 11 is 0. The van der Waals surface area contributed by atoms with Crippen LogP contribution in [-0.2, 0) is 4.79 Å². The lowest BCUT2D eigenvalue weighted by molar-refractivity contribution is -0.132. The summed E-state index contributed by atoms with van der Waals surface area (Å²) in [5.41, 5.74) is 1.02. The largest absolute Gasteiger partial charge is 0.493 e. The van der Waals surface area contributed by atoms with Crippen molar-refractivity contribution in [1.29, 1.82) is 0 Å². The van der Waals surface area contributed by atoms with E-state index in [1.165, 1.54) is 7.11 Å². The van der Waals surface area contributed by atoms with Crippen molar-refractivity contribution in [2.45, 2.75) is 6.42 Å². The van der Waals surface area contributed by atoms with Crippen LogP contribution in [0, 0.1) is 0 Å². The third kappa shape index (κ3) is 3.38. The summed E-state index contributed by atoms with van der Waals surface area (Å²) in [6, 6.07) is 5.23. The van der Waals surface area contributed by atoms with Gasteiger partial charge in [0, 0.05) is 5.57 Å². The van der Waals surface area contributed by atoms with Gasteiger partial charge in [-0.2, -0.15) is 0 Å². The van der Waals surface area contributed by atoms with Crippen LogP contribution in [-0.4, -0.2) is 25.3 Å². The van der Waals surface area contributed by atoms with Crippen molar-refractivity contribution in [3.63, 3.8) is 0 Å². The highest BCUT2D eigenvalue weighted by Crippen LogP contribution is 2.28. The molecule has 18 heavy (non-hydrogen) atoms. The maximum absolute atomic E-state index is 11.0. The van der Waals surface area contributed by atoms with Crippen molar-refractivity contribution in [2.75, 3.05) is 14.2 Å². The lowest BCUT2D eigenvalue weighted by atomic mass is 10.1. The first-order valence-corrected chi connectivity index (χ1v) is 5.39. The Bertz CT molecular complexity index is 475. The van der Waals surface area contributed by atoms with Gasteiger partial charge in [0.15, 0.2) is 11.5 Å². The van der Waals surface area contributed by atoms with E-state index in [-0.39, 0.29) is 5.57 Å². The Labute approximate surface area is 106 Å². The first-order chi connectivity index (χ1) is 8.62. The van der Waals surface area contributed by atoms with Crippen LogP contribution in [0.15, 0.2) is 36.4 Å². The van der Waals surface area contributed by atoms with E-state index in [4.69, 9.17) is 14.6 Å². The molecule has 0 aliphatic rings. The zero-order valence-electron chi connectivity index (χ0n) is 10.5. The molecular formula is C14H16O4. The third-order valence-electron chi connectivity index (χ3n) is 2.39. The maximum atomic E-state index is 11.0. The molecule has 1 aromatic carbocycles. The first kappa shape index (κ1) is 13.8. The molecule has 0 radical (unpaired) electrons. The molecule has 0 bridgehead atoms. The van der Waals surface area contributed by atoms with Gasteiger partial charge >= 0.3 is 5.97 Å². The minimum Gasteiger partial charge on any atom is -0.493 e. The second-order valence-corrected chi connectivity index (χ2v) is 3.58. The fourth-order valence-electron chi connectivity index (χ4n) is 1.51. The number of hydrogen-bond donors (Lipinski definition) is 1. The highest BCUT2D eigenvalue weighted by molar-refractivity contribution is 5.92. The highest BCUT2D eigenvalue weighted by Gasteiger charge is 2.07. The van der Waals surface area contributed by atoms with E-state index in [1.54, 1.807) is 37.5 Å². The molecule has 0 aliphatic heterocycles. The van der Waals surface area contributed by atoms with E-state index >= 15 is 0 Å². The monoisotopic (exact) mass is 248 g/mol. The minimum atomic E-state index is -0.954. The quantitative estimate of drug-likeness (QED) is 0.621. The molecule has 0 unspecified atom stereocenters. The standard InChI is InChI=1S/C14H16O4/c1-4-5-11(14(15)16)8-10-6-7-12(17-2)13(9-10)18-3/h4,6-9H,1,5H2,2-3H3,(H,15,16)/b11-8+. The van der Waals surface area contributed by atoms with E-state index in [9.17, 15) is 4.79 Å². The molecule has 1 aromatic rings. The number of ether oxygens (including phenoxy) is 2. The summed E-state index contributed by atoms with van der Waals surface area (Å²) in [5, 5.41) is 9.02. The minimum absolute atomic E-state index is 0.275. The van der Waals surface area contributed by atoms with E-state index in [1.807, 2.05) is 0 Å². The van der Waals surface area contributed by atoms with Crippen LogP contribution in [0.5, 0.6) is 11.5 Å². The number of aliphatic carboxylic acids is 1. The molecule has 0 fully saturated rings. The molecule has 1 rings (SSSR count). The number of carboxylic acids is 1. The molecule has 4 nitrogen and oxygen atoms in total. The topological polar surface area (TPSA) is 55.8 Å². The van der Waals surface area contributed by atoms with Gasteiger partial charge in [0.25, 0.3) is 0 Å². The van der Waals surface area contributed by atoms with E-state index < -0.39 is 5.97 Å². The Morgan fingerprint density at radius 3 is 2.50 bits per heavy atom. The summed E-state index contributed by atoms with van der Waals surface area (Å²) in [7, 11) is 3.08. The summed E-state index contributed by atoms with van der Waals surface area (Å²) < 4.78 is 10.3. The van der Waals surface area contributed by atoms with Crippen molar-refractivity contribution < 1.29 is 19.4 Å². The average Bonchev–Trinajstić information content (AvgIpc) is 2.37. The second kappa shape index (κ2) is 6.49. The Morgan fingerprint density at radius 2 is 2.00 bits per heavy atom. The number of hydrogen-bond acceptors (Lipinski definition) is 3. The molecule has 0 saturated carbocycles. The first-order valence-electron chi connectivity index (χ1n) is 5.39. The van der Waals surface area contributed by atoms with Gasteiger partial charge in [0.2, 0.25) is 0 Å². The Morgan fingerprint density at radius 1 is 1.33 bits per heavy atom. The SMILES string of the molecule is C=CC/C(=C\c1ccc(OC)c(OC)c1)C(=O)O. The molecule has 0 spiro atoms. The lowest BCUT2D eigenvalue weighted by Gasteiger charge is -2.08. The van der Waals surface area contributed by atoms with E-state index in [0.717, 1.165) is 5.56 Å². The fraction of sp³-hybridized carbons (Fsp3) is 0.214. The van der Waals surface area contributed by atoms with Crippen molar-refractivity contribution in [3.8, 4) is 11.5 Å². The zero-order chi connectivity index (χ0) is 13.5. The average molecular weight is 248 g/mol. The van der Waals surface area contributed by atoms with Crippen molar-refractivity contribution in [1.82, 2.24) is 0 Å². The van der Waals surface area contributed by atoms with E-state index in [0.29, 0.717) is 17.9 Å². The third-order valence-corrected chi connectivity index (χ3v) is 2.39. The van der Waals surface area contributed by atoms with Crippen LogP contribution in [0.4, 0.5) is 0 Å². The van der Waals surface area contributed by atoms with Crippen LogP contribution < -0.4 is 9.47 Å². The molecule has 0 aliphatic carbocycles. The van der Waals surface area contributed by atoms with Crippen LogP contribution in [0.2, 0.25) is 0 Å². The van der Waals surface area contributed by atoms with Crippen LogP contribution in [0.1, 0.15) is 12.0 Å². The van der Waals surface area contributed by atoms with Gasteiger partial charge < -0.3 is 14.6 Å². The Balaban J connectivity index is 3.13. The molecule has 0 saturated heterocycles. The zero-order valence-corrected chi connectivity index (χ0v) is 10.5. The second-order valence-electron chi connectivity index (χ2n) is 3.58. The fourth-order valence-corrected chi connectivity index (χ4v) is 1.51. The summed E-state index contributed by atoms with van der Waals surface area (Å²) in [4.78, 5) is 11.0. The molecule has 0 amide bonds. The number of carboxylic acid groups (broad SMARTS) is 1. The summed E-state index contributed by atoms with van der Waals surface area (Å²) in [6.07, 6.45) is 3.45. The van der Waals surface area contributed by atoms with Gasteiger partial charge in [-0.05, 0) is 30.2 Å². The van der Waals surface area contributed by atoms with Gasteiger partial charge in [-0.3, -0.25) is 0 Å². The Hall–Kier alpha value is -2.23. The van der Waals surface area contributed by atoms with Crippen molar-refractivity contribution in [3.05, 3.63) is 42.0 Å². The van der Waals surface area contributed by atoms with Crippen LogP contribution in [0.3, 0.4) is 0 Å². The van der Waals surface area contributed by atoms with Gasteiger partial charge in [-0.1, -0.05) is 12.1 Å². The summed E-state index contributed by atoms with van der Waals surface area (Å²) in [5.74, 6) is 0.217. The molecule has 1 N–H and O–H groups in total. The smallest absolute Gasteiger partial charge is 0.331 e.